The second kappa shape index (κ2) is 4.10. The third-order valence-corrected chi connectivity index (χ3v) is 2.75. The zero-order chi connectivity index (χ0) is 11.7. The molecule has 88 valence electrons. The van der Waals surface area contributed by atoms with E-state index in [0.717, 1.165) is 26.2 Å². The van der Waals surface area contributed by atoms with E-state index in [1.807, 2.05) is 4.90 Å². The quantitative estimate of drug-likeness (QED) is 0.664. The number of nitrogens with zero attached hydrogens (tertiary/aromatic N) is 4. The van der Waals surface area contributed by atoms with Gasteiger partial charge in [0.25, 0.3) is 5.56 Å². The van der Waals surface area contributed by atoms with Gasteiger partial charge in [-0.15, -0.1) is 0 Å². The van der Waals surface area contributed by atoms with Gasteiger partial charge in [-0.2, -0.15) is 4.98 Å². The molecule has 0 radical (unpaired) electrons. The molecule has 0 atom stereocenters. The molecule has 0 bridgehead atoms. The molecule has 0 amide bonds. The molecular formula is C10H12N6O. The number of fused-ring (bicyclic) bond motifs is 1. The van der Waals surface area contributed by atoms with Crippen LogP contribution in [0.15, 0.2) is 17.2 Å². The molecule has 2 aromatic rings. The highest BCUT2D eigenvalue weighted by atomic mass is 16.1. The third-order valence-electron chi connectivity index (χ3n) is 2.75. The van der Waals surface area contributed by atoms with Crippen LogP contribution in [0.1, 0.15) is 0 Å². The summed E-state index contributed by atoms with van der Waals surface area (Å²) in [6.45, 7) is 3.44. The second-order valence-electron chi connectivity index (χ2n) is 3.86. The molecule has 1 saturated heterocycles. The van der Waals surface area contributed by atoms with Gasteiger partial charge in [-0.25, -0.2) is 9.97 Å². The van der Waals surface area contributed by atoms with Gasteiger partial charge in [0.2, 0.25) is 5.95 Å². The minimum absolute atomic E-state index is 0.239. The lowest BCUT2D eigenvalue weighted by Crippen LogP contribution is -2.44. The lowest BCUT2D eigenvalue weighted by molar-refractivity contribution is 0.580. The van der Waals surface area contributed by atoms with Crippen LogP contribution in [0.3, 0.4) is 0 Å². The van der Waals surface area contributed by atoms with Crippen molar-refractivity contribution in [2.24, 2.45) is 0 Å². The van der Waals surface area contributed by atoms with Crippen LogP contribution in [0.25, 0.3) is 11.2 Å². The van der Waals surface area contributed by atoms with Crippen molar-refractivity contribution in [2.45, 2.75) is 0 Å². The molecule has 0 aliphatic carbocycles. The molecule has 1 aliphatic heterocycles. The Morgan fingerprint density at radius 3 is 2.76 bits per heavy atom. The van der Waals surface area contributed by atoms with Crippen LogP contribution in [0.2, 0.25) is 0 Å². The number of hydrogen-bond acceptors (Lipinski definition) is 6. The molecule has 0 unspecified atom stereocenters. The van der Waals surface area contributed by atoms with Gasteiger partial charge in [-0.3, -0.25) is 9.78 Å². The fraction of sp³-hybridized carbons (Fsp3) is 0.400. The zero-order valence-electron chi connectivity index (χ0n) is 9.18. The molecule has 7 nitrogen and oxygen atoms in total. The van der Waals surface area contributed by atoms with Crippen molar-refractivity contribution in [1.29, 1.82) is 0 Å². The van der Waals surface area contributed by atoms with Crippen molar-refractivity contribution in [3.05, 3.63) is 22.7 Å². The fourth-order valence-electron chi connectivity index (χ4n) is 1.89. The molecule has 2 aromatic heterocycles. The number of piperazine rings is 1. The van der Waals surface area contributed by atoms with Crippen LogP contribution in [0, 0.1) is 0 Å². The predicted molar refractivity (Wildman–Crippen MR) is 63.0 cm³/mol. The standard InChI is InChI=1S/C10H12N6O/c17-9-7-8(13-2-1-12-7)14-10(15-9)16-5-3-11-4-6-16/h1-2,11H,3-6H2,(H,13,14,15,17). The summed E-state index contributed by atoms with van der Waals surface area (Å²) < 4.78 is 0. The van der Waals surface area contributed by atoms with Crippen LogP contribution in [-0.4, -0.2) is 46.1 Å². The van der Waals surface area contributed by atoms with Crippen LogP contribution >= 0.6 is 0 Å². The summed E-state index contributed by atoms with van der Waals surface area (Å²) in [7, 11) is 0. The van der Waals surface area contributed by atoms with Crippen molar-refractivity contribution in [1.82, 2.24) is 25.3 Å². The van der Waals surface area contributed by atoms with Gasteiger partial charge in [-0.1, -0.05) is 0 Å². The monoisotopic (exact) mass is 232 g/mol. The molecule has 3 rings (SSSR count). The number of nitrogens with one attached hydrogen (secondary N) is 2. The number of H-pyrrole nitrogens is 1. The number of hydrogen-bond donors (Lipinski definition) is 2. The van der Waals surface area contributed by atoms with E-state index in [4.69, 9.17) is 0 Å². The Morgan fingerprint density at radius 1 is 1.18 bits per heavy atom. The fourth-order valence-corrected chi connectivity index (χ4v) is 1.89. The smallest absolute Gasteiger partial charge is 0.280 e. The van der Waals surface area contributed by atoms with Crippen molar-refractivity contribution in [3.8, 4) is 0 Å². The average molecular weight is 232 g/mol. The van der Waals surface area contributed by atoms with Crippen molar-refractivity contribution in [2.75, 3.05) is 31.1 Å². The molecule has 3 heterocycles. The number of aromatic amines is 1. The highest BCUT2D eigenvalue weighted by molar-refractivity contribution is 5.69. The van der Waals surface area contributed by atoms with Crippen LogP contribution in [0.5, 0.6) is 0 Å². The minimum atomic E-state index is -0.239. The van der Waals surface area contributed by atoms with Crippen LogP contribution in [-0.2, 0) is 0 Å². The molecular weight excluding hydrogens is 220 g/mol. The number of anilines is 1. The van der Waals surface area contributed by atoms with E-state index in [2.05, 4.69) is 25.3 Å². The first kappa shape index (κ1) is 10.2. The van der Waals surface area contributed by atoms with Gasteiger partial charge in [0.05, 0.1) is 0 Å². The SMILES string of the molecule is O=c1[nH]c(N2CCNCC2)nc2nccnc12. The van der Waals surface area contributed by atoms with Gasteiger partial charge in [-0.05, 0) is 0 Å². The van der Waals surface area contributed by atoms with Gasteiger partial charge >= 0.3 is 0 Å². The van der Waals surface area contributed by atoms with Crippen LogP contribution in [0.4, 0.5) is 5.95 Å². The topological polar surface area (TPSA) is 86.8 Å². The van der Waals surface area contributed by atoms with E-state index < -0.39 is 0 Å². The summed E-state index contributed by atoms with van der Waals surface area (Å²) in [5, 5.41) is 3.25. The molecule has 7 heteroatoms. The molecule has 0 aromatic carbocycles. The van der Waals surface area contributed by atoms with E-state index in [0.29, 0.717) is 11.6 Å². The largest absolute Gasteiger partial charge is 0.340 e. The van der Waals surface area contributed by atoms with E-state index in [9.17, 15) is 4.79 Å². The van der Waals surface area contributed by atoms with E-state index in [-0.39, 0.29) is 11.1 Å². The van der Waals surface area contributed by atoms with E-state index >= 15 is 0 Å². The van der Waals surface area contributed by atoms with Crippen molar-refractivity contribution >= 4 is 17.1 Å². The Labute approximate surface area is 96.9 Å². The summed E-state index contributed by atoms with van der Waals surface area (Å²) in [6.07, 6.45) is 3.03. The maximum atomic E-state index is 11.8. The molecule has 1 fully saturated rings. The van der Waals surface area contributed by atoms with E-state index in [1.54, 1.807) is 0 Å². The summed E-state index contributed by atoms with van der Waals surface area (Å²) in [5.74, 6) is 0.574. The van der Waals surface area contributed by atoms with Crippen LogP contribution < -0.4 is 15.8 Å². The average Bonchev–Trinajstić information content (AvgIpc) is 2.40. The summed E-state index contributed by atoms with van der Waals surface area (Å²) in [5.41, 5.74) is 0.438. The Hall–Kier alpha value is -2.02. The number of rotatable bonds is 1. The Kier molecular flexibility index (Phi) is 2.45. The maximum Gasteiger partial charge on any atom is 0.280 e. The third kappa shape index (κ3) is 1.84. The predicted octanol–water partition coefficient (Wildman–Crippen LogP) is -0.877. The van der Waals surface area contributed by atoms with Gasteiger partial charge in [0, 0.05) is 38.6 Å². The lowest BCUT2D eigenvalue weighted by Gasteiger charge is -2.27. The normalized spacial score (nSPS) is 16.4. The molecule has 2 N–H and O–H groups in total. The lowest BCUT2D eigenvalue weighted by atomic mass is 10.4. The van der Waals surface area contributed by atoms with E-state index in [1.165, 1.54) is 12.4 Å². The summed E-state index contributed by atoms with van der Waals surface area (Å²) in [6, 6.07) is 0. The molecule has 17 heavy (non-hydrogen) atoms. The Balaban J connectivity index is 2.08. The van der Waals surface area contributed by atoms with Gasteiger partial charge < -0.3 is 10.2 Å². The number of aromatic nitrogens is 4. The van der Waals surface area contributed by atoms with Crippen molar-refractivity contribution in [3.63, 3.8) is 0 Å². The maximum absolute atomic E-state index is 11.8. The van der Waals surface area contributed by atoms with Crippen molar-refractivity contribution < 1.29 is 0 Å². The first-order chi connectivity index (χ1) is 8.34. The molecule has 0 saturated carbocycles. The molecule has 1 aliphatic rings. The van der Waals surface area contributed by atoms with Gasteiger partial charge in [0.1, 0.15) is 0 Å². The summed E-state index contributed by atoms with van der Waals surface area (Å²) in [4.78, 5) is 28.9. The summed E-state index contributed by atoms with van der Waals surface area (Å²) >= 11 is 0. The van der Waals surface area contributed by atoms with Gasteiger partial charge in [0.15, 0.2) is 11.2 Å². The first-order valence-electron chi connectivity index (χ1n) is 5.51. The highest BCUT2D eigenvalue weighted by Crippen LogP contribution is 2.08. The Bertz CT molecular complexity index is 589. The minimum Gasteiger partial charge on any atom is -0.340 e. The first-order valence-corrected chi connectivity index (χ1v) is 5.51. The molecule has 0 spiro atoms. The second-order valence-corrected chi connectivity index (χ2v) is 3.86. The highest BCUT2D eigenvalue weighted by Gasteiger charge is 2.14. The Morgan fingerprint density at radius 2 is 1.94 bits per heavy atom. The zero-order valence-corrected chi connectivity index (χ0v) is 9.18.